The van der Waals surface area contributed by atoms with E-state index in [1.165, 1.54) is 25.3 Å². The van der Waals surface area contributed by atoms with Gasteiger partial charge in [0, 0.05) is 18.7 Å². The van der Waals surface area contributed by atoms with Crippen molar-refractivity contribution in [2.75, 3.05) is 25.6 Å². The van der Waals surface area contributed by atoms with Gasteiger partial charge in [-0.25, -0.2) is 4.63 Å². The van der Waals surface area contributed by atoms with Gasteiger partial charge < -0.3 is 14.8 Å². The zero-order valence-corrected chi connectivity index (χ0v) is 11.7. The number of ether oxygens (including phenoxy) is 2. The molecule has 112 valence electrons. The van der Waals surface area contributed by atoms with Crippen molar-refractivity contribution < 1.29 is 19.0 Å². The van der Waals surface area contributed by atoms with Crippen LogP contribution >= 0.6 is 11.6 Å². The van der Waals surface area contributed by atoms with Crippen molar-refractivity contribution in [3.63, 3.8) is 0 Å². The SMILES string of the molecule is COc1nonc1OCCNc1ccc([N+](=O)[O-])cc1Cl. The van der Waals surface area contributed by atoms with Crippen LogP contribution in [-0.2, 0) is 0 Å². The molecule has 0 saturated carbocycles. The molecule has 0 fully saturated rings. The maximum atomic E-state index is 10.6. The molecular weight excluding hydrogens is 304 g/mol. The molecule has 0 aliphatic carbocycles. The number of nitrogens with zero attached hydrogens (tertiary/aromatic N) is 3. The summed E-state index contributed by atoms with van der Waals surface area (Å²) in [5, 5.41) is 20.8. The predicted molar refractivity (Wildman–Crippen MR) is 72.9 cm³/mol. The van der Waals surface area contributed by atoms with Gasteiger partial charge >= 0.3 is 11.8 Å². The summed E-state index contributed by atoms with van der Waals surface area (Å²) in [4.78, 5) is 10.1. The van der Waals surface area contributed by atoms with Gasteiger partial charge in [0.15, 0.2) is 0 Å². The number of hydrogen-bond acceptors (Lipinski definition) is 8. The highest BCUT2D eigenvalue weighted by Crippen LogP contribution is 2.26. The van der Waals surface area contributed by atoms with E-state index in [9.17, 15) is 10.1 Å². The van der Waals surface area contributed by atoms with Gasteiger partial charge in [0.1, 0.15) is 6.61 Å². The molecule has 1 N–H and O–H groups in total. The fourth-order valence-corrected chi connectivity index (χ4v) is 1.72. The molecule has 10 heteroatoms. The van der Waals surface area contributed by atoms with E-state index in [1.807, 2.05) is 0 Å². The number of anilines is 1. The third-order valence-corrected chi connectivity index (χ3v) is 2.76. The Kier molecular flexibility index (Phi) is 4.77. The summed E-state index contributed by atoms with van der Waals surface area (Å²) in [6.45, 7) is 0.644. The third-order valence-electron chi connectivity index (χ3n) is 2.44. The molecule has 2 rings (SSSR count). The maximum absolute atomic E-state index is 10.6. The van der Waals surface area contributed by atoms with Crippen molar-refractivity contribution in [1.29, 1.82) is 0 Å². The van der Waals surface area contributed by atoms with Crippen molar-refractivity contribution in [3.05, 3.63) is 33.3 Å². The first-order chi connectivity index (χ1) is 10.1. The Morgan fingerprint density at radius 2 is 2.19 bits per heavy atom. The number of nitro benzene ring substituents is 1. The quantitative estimate of drug-likeness (QED) is 0.470. The van der Waals surface area contributed by atoms with Crippen LogP contribution in [0, 0.1) is 10.1 Å². The molecule has 1 aromatic carbocycles. The molecule has 0 saturated heterocycles. The van der Waals surface area contributed by atoms with E-state index in [2.05, 4.69) is 20.3 Å². The van der Waals surface area contributed by atoms with Gasteiger partial charge in [-0.05, 0) is 16.4 Å². The number of halogens is 1. The molecular formula is C11H11ClN4O5. The second-order valence-electron chi connectivity index (χ2n) is 3.78. The van der Waals surface area contributed by atoms with Gasteiger partial charge in [-0.3, -0.25) is 10.1 Å². The highest BCUT2D eigenvalue weighted by atomic mass is 35.5. The lowest BCUT2D eigenvalue weighted by Gasteiger charge is -2.08. The second-order valence-corrected chi connectivity index (χ2v) is 4.18. The molecule has 0 bridgehead atoms. The normalized spacial score (nSPS) is 10.2. The number of benzene rings is 1. The third kappa shape index (κ3) is 3.72. The van der Waals surface area contributed by atoms with E-state index in [4.69, 9.17) is 21.1 Å². The lowest BCUT2D eigenvalue weighted by Crippen LogP contribution is -2.12. The number of aromatic nitrogens is 2. The fraction of sp³-hybridized carbons (Fsp3) is 0.273. The van der Waals surface area contributed by atoms with Crippen LogP contribution in [0.4, 0.5) is 11.4 Å². The van der Waals surface area contributed by atoms with Gasteiger partial charge in [0.05, 0.1) is 22.7 Å². The minimum atomic E-state index is -0.511. The number of hydrogen-bond donors (Lipinski definition) is 1. The Morgan fingerprint density at radius 3 is 2.86 bits per heavy atom. The number of nitro groups is 1. The summed E-state index contributed by atoms with van der Waals surface area (Å²) < 4.78 is 14.6. The maximum Gasteiger partial charge on any atom is 0.320 e. The molecule has 1 heterocycles. The highest BCUT2D eigenvalue weighted by Gasteiger charge is 2.12. The molecule has 0 spiro atoms. The Morgan fingerprint density at radius 1 is 1.43 bits per heavy atom. The molecule has 0 radical (unpaired) electrons. The molecule has 0 aliphatic rings. The molecule has 0 atom stereocenters. The van der Waals surface area contributed by atoms with Gasteiger partial charge in [-0.1, -0.05) is 11.6 Å². The average molecular weight is 315 g/mol. The minimum Gasteiger partial charge on any atom is -0.475 e. The van der Waals surface area contributed by atoms with Crippen molar-refractivity contribution in [2.45, 2.75) is 0 Å². The second kappa shape index (κ2) is 6.75. The molecule has 9 nitrogen and oxygen atoms in total. The number of rotatable bonds is 7. The summed E-state index contributed by atoms with van der Waals surface area (Å²) in [5.41, 5.74) is 0.497. The lowest BCUT2D eigenvalue weighted by atomic mass is 10.3. The standard InChI is InChI=1S/C11H11ClN4O5/c1-19-10-11(15-21-14-10)20-5-4-13-9-3-2-7(16(17)18)6-8(9)12/h2-3,6,13H,4-5H2,1H3. The highest BCUT2D eigenvalue weighted by molar-refractivity contribution is 6.33. The lowest BCUT2D eigenvalue weighted by molar-refractivity contribution is -0.384. The topological polar surface area (TPSA) is 113 Å². The fourth-order valence-electron chi connectivity index (χ4n) is 1.48. The van der Waals surface area contributed by atoms with Crippen LogP contribution in [0.2, 0.25) is 5.02 Å². The van der Waals surface area contributed by atoms with Crippen molar-refractivity contribution in [2.24, 2.45) is 0 Å². The van der Waals surface area contributed by atoms with E-state index in [-0.39, 0.29) is 29.1 Å². The van der Waals surface area contributed by atoms with Crippen LogP contribution in [0.15, 0.2) is 22.8 Å². The van der Waals surface area contributed by atoms with Crippen molar-refractivity contribution in [1.82, 2.24) is 10.3 Å². The molecule has 0 aliphatic heterocycles. The molecule has 0 unspecified atom stereocenters. The largest absolute Gasteiger partial charge is 0.475 e. The summed E-state index contributed by atoms with van der Waals surface area (Å²) in [6.07, 6.45) is 0. The van der Waals surface area contributed by atoms with Crippen molar-refractivity contribution >= 4 is 23.0 Å². The van der Waals surface area contributed by atoms with E-state index in [0.29, 0.717) is 12.2 Å². The molecule has 1 aromatic heterocycles. The van der Waals surface area contributed by atoms with Crippen LogP contribution in [0.5, 0.6) is 11.8 Å². The number of non-ortho nitro benzene ring substituents is 1. The summed E-state index contributed by atoms with van der Waals surface area (Å²) >= 11 is 5.93. The summed E-state index contributed by atoms with van der Waals surface area (Å²) in [7, 11) is 1.42. The minimum absolute atomic E-state index is 0.0693. The Labute approximate surface area is 123 Å². The number of methoxy groups -OCH3 is 1. The van der Waals surface area contributed by atoms with Crippen LogP contribution in [0.3, 0.4) is 0 Å². The van der Waals surface area contributed by atoms with Crippen LogP contribution in [0.25, 0.3) is 0 Å². The molecule has 0 amide bonds. The van der Waals surface area contributed by atoms with E-state index in [1.54, 1.807) is 0 Å². The molecule has 21 heavy (non-hydrogen) atoms. The van der Waals surface area contributed by atoms with Crippen molar-refractivity contribution in [3.8, 4) is 11.8 Å². The molecule has 2 aromatic rings. The van der Waals surface area contributed by atoms with Gasteiger partial charge in [-0.15, -0.1) is 0 Å². The summed E-state index contributed by atoms with van der Waals surface area (Å²) in [5.74, 6) is 0.303. The van der Waals surface area contributed by atoms with Gasteiger partial charge in [0.2, 0.25) is 0 Å². The van der Waals surface area contributed by atoms with E-state index < -0.39 is 4.92 Å². The zero-order valence-electron chi connectivity index (χ0n) is 10.9. The predicted octanol–water partition coefficient (Wildman–Crippen LogP) is 2.13. The first-order valence-electron chi connectivity index (χ1n) is 5.79. The van der Waals surface area contributed by atoms with Gasteiger partial charge in [-0.2, -0.15) is 0 Å². The van der Waals surface area contributed by atoms with E-state index >= 15 is 0 Å². The van der Waals surface area contributed by atoms with Gasteiger partial charge in [0.25, 0.3) is 5.69 Å². The Bertz CT molecular complexity index is 633. The summed E-state index contributed by atoms with van der Waals surface area (Å²) in [6, 6.07) is 4.16. The van der Waals surface area contributed by atoms with Crippen LogP contribution in [-0.4, -0.2) is 35.5 Å². The smallest absolute Gasteiger partial charge is 0.320 e. The first kappa shape index (κ1) is 14.9. The first-order valence-corrected chi connectivity index (χ1v) is 6.16. The van der Waals surface area contributed by atoms with Crippen LogP contribution < -0.4 is 14.8 Å². The van der Waals surface area contributed by atoms with E-state index in [0.717, 1.165) is 0 Å². The monoisotopic (exact) mass is 314 g/mol. The zero-order chi connectivity index (χ0) is 15.2. The van der Waals surface area contributed by atoms with Crippen LogP contribution in [0.1, 0.15) is 0 Å². The Hall–Kier alpha value is -2.55. The number of nitrogens with one attached hydrogen (secondary N) is 1. The average Bonchev–Trinajstić information content (AvgIpc) is 2.92. The Balaban J connectivity index is 1.85.